The van der Waals surface area contributed by atoms with E-state index in [9.17, 15) is 0 Å². The van der Waals surface area contributed by atoms with E-state index in [0.29, 0.717) is 0 Å². The van der Waals surface area contributed by atoms with Gasteiger partial charge in [-0.3, -0.25) is 0 Å². The summed E-state index contributed by atoms with van der Waals surface area (Å²) in [6, 6.07) is 10.4. The molecule has 19 heavy (non-hydrogen) atoms. The van der Waals surface area contributed by atoms with E-state index >= 15 is 0 Å². The van der Waals surface area contributed by atoms with Crippen molar-refractivity contribution < 1.29 is 4.74 Å². The van der Waals surface area contributed by atoms with Gasteiger partial charge in [-0.1, -0.05) is 28.1 Å². The van der Waals surface area contributed by atoms with Crippen LogP contribution in [-0.2, 0) is 0 Å². The molecule has 0 radical (unpaired) electrons. The van der Waals surface area contributed by atoms with E-state index in [1.807, 2.05) is 26.0 Å². The van der Waals surface area contributed by atoms with Gasteiger partial charge in [0.15, 0.2) is 0 Å². The summed E-state index contributed by atoms with van der Waals surface area (Å²) in [4.78, 5) is 1.46. The molecule has 0 aliphatic heterocycles. The highest BCUT2D eigenvalue weighted by atomic mass is 79.9. The van der Waals surface area contributed by atoms with E-state index < -0.39 is 0 Å². The average Bonchev–Trinajstić information content (AvgIpc) is 2.69. The van der Waals surface area contributed by atoms with Gasteiger partial charge in [-0.05, 0) is 69.5 Å². The van der Waals surface area contributed by atoms with Crippen molar-refractivity contribution in [2.24, 2.45) is 0 Å². The van der Waals surface area contributed by atoms with E-state index in [1.165, 1.54) is 10.4 Å². The fourth-order valence-electron chi connectivity index (χ4n) is 1.64. The molecule has 2 rings (SSSR count). The number of benzene rings is 1. The first-order chi connectivity index (χ1) is 8.97. The van der Waals surface area contributed by atoms with Crippen LogP contribution in [0.2, 0.25) is 0 Å². The molecule has 2 aromatic rings. The predicted molar refractivity (Wildman–Crippen MR) is 92.7 cm³/mol. The highest BCUT2D eigenvalue weighted by Gasteiger charge is 2.15. The van der Waals surface area contributed by atoms with E-state index in [4.69, 9.17) is 4.74 Å². The third-order valence-electron chi connectivity index (χ3n) is 2.46. The second-order valence-corrected chi connectivity index (χ2v) is 8.54. The highest BCUT2D eigenvalue weighted by molar-refractivity contribution is 9.13. The van der Waals surface area contributed by atoms with Crippen LogP contribution >= 0.6 is 59.1 Å². The first kappa shape index (κ1) is 15.5. The van der Waals surface area contributed by atoms with Crippen LogP contribution in [0.1, 0.15) is 29.1 Å². The molecule has 0 fully saturated rings. The third-order valence-corrected chi connectivity index (χ3v) is 7.10. The van der Waals surface area contributed by atoms with Crippen LogP contribution in [0.15, 0.2) is 38.6 Å². The maximum absolute atomic E-state index is 5.65. The summed E-state index contributed by atoms with van der Waals surface area (Å²) in [6.45, 7) is 4.06. The van der Waals surface area contributed by atoms with Crippen molar-refractivity contribution in [3.63, 3.8) is 0 Å². The summed E-state index contributed by atoms with van der Waals surface area (Å²) in [6.07, 6.45) is 0.204. The van der Waals surface area contributed by atoms with Crippen molar-refractivity contribution in [1.82, 2.24) is 0 Å². The number of rotatable bonds is 4. The second-order valence-electron chi connectivity index (χ2n) is 4.37. The van der Waals surface area contributed by atoms with Crippen molar-refractivity contribution in [2.45, 2.75) is 24.8 Å². The van der Waals surface area contributed by atoms with Crippen LogP contribution < -0.4 is 4.74 Å². The fraction of sp³-hybridized carbons (Fsp3) is 0.286. The molecule has 102 valence electrons. The molecule has 0 spiro atoms. The van der Waals surface area contributed by atoms with Gasteiger partial charge in [0, 0.05) is 9.35 Å². The molecule has 0 amide bonds. The molecule has 1 heterocycles. The Morgan fingerprint density at radius 3 is 2.21 bits per heavy atom. The number of thiophene rings is 1. The zero-order chi connectivity index (χ0) is 14.0. The molecule has 0 N–H and O–H groups in total. The number of hydrogen-bond acceptors (Lipinski definition) is 2. The summed E-state index contributed by atoms with van der Waals surface area (Å²) in [5, 5.41) is 0. The van der Waals surface area contributed by atoms with Crippen LogP contribution in [0.3, 0.4) is 0 Å². The Labute approximate surface area is 142 Å². The average molecular weight is 469 g/mol. The first-order valence-electron chi connectivity index (χ1n) is 5.83. The molecule has 0 bridgehead atoms. The lowest BCUT2D eigenvalue weighted by molar-refractivity contribution is 0.242. The highest BCUT2D eigenvalue weighted by Crippen LogP contribution is 2.41. The lowest BCUT2D eigenvalue weighted by atomic mass is 10.1. The quantitative estimate of drug-likeness (QED) is 0.462. The van der Waals surface area contributed by atoms with Gasteiger partial charge in [-0.2, -0.15) is 0 Å². The molecule has 0 saturated carbocycles. The standard InChI is InChI=1S/C14H13Br3OS/c1-8(2)18-10-5-3-9(4-6-10)13(16)12-7-11(15)14(17)19-12/h3-8,13H,1-2H3. The Hall–Kier alpha value is 0.160. The Bertz CT molecular complexity index is 529. The minimum Gasteiger partial charge on any atom is -0.491 e. The Morgan fingerprint density at radius 2 is 1.74 bits per heavy atom. The molecule has 5 heteroatoms. The van der Waals surface area contributed by atoms with Gasteiger partial charge < -0.3 is 4.74 Å². The van der Waals surface area contributed by atoms with Crippen molar-refractivity contribution in [3.05, 3.63) is 49.0 Å². The van der Waals surface area contributed by atoms with E-state index in [2.05, 4.69) is 66.0 Å². The largest absolute Gasteiger partial charge is 0.491 e. The summed E-state index contributed by atoms with van der Waals surface area (Å²) in [7, 11) is 0. The number of hydrogen-bond donors (Lipinski definition) is 0. The van der Waals surface area contributed by atoms with Crippen LogP contribution in [-0.4, -0.2) is 6.10 Å². The molecule has 1 aromatic heterocycles. The molecular formula is C14H13Br3OS. The normalized spacial score (nSPS) is 12.7. The summed E-state index contributed by atoms with van der Waals surface area (Å²) < 4.78 is 7.86. The monoisotopic (exact) mass is 466 g/mol. The predicted octanol–water partition coefficient (Wildman–Crippen LogP) is 6.54. The van der Waals surface area contributed by atoms with E-state index in [1.54, 1.807) is 11.3 Å². The minimum absolute atomic E-state index is 0.202. The number of alkyl halides is 1. The SMILES string of the molecule is CC(C)Oc1ccc(C(Br)c2cc(Br)c(Br)s2)cc1. The summed E-state index contributed by atoms with van der Waals surface area (Å²) in [5.41, 5.74) is 1.22. The topological polar surface area (TPSA) is 9.23 Å². The molecular weight excluding hydrogens is 456 g/mol. The van der Waals surface area contributed by atoms with Gasteiger partial charge in [0.1, 0.15) is 5.75 Å². The van der Waals surface area contributed by atoms with Crippen LogP contribution in [0.5, 0.6) is 5.75 Å². The van der Waals surface area contributed by atoms with Gasteiger partial charge in [-0.25, -0.2) is 0 Å². The van der Waals surface area contributed by atoms with Crippen molar-refractivity contribution in [2.75, 3.05) is 0 Å². The maximum atomic E-state index is 5.65. The van der Waals surface area contributed by atoms with Crippen LogP contribution in [0.4, 0.5) is 0 Å². The molecule has 1 unspecified atom stereocenters. The van der Waals surface area contributed by atoms with Crippen molar-refractivity contribution >= 4 is 59.1 Å². The van der Waals surface area contributed by atoms with Crippen LogP contribution in [0.25, 0.3) is 0 Å². The smallest absolute Gasteiger partial charge is 0.119 e. The summed E-state index contributed by atoms with van der Waals surface area (Å²) >= 11 is 12.5. The lowest BCUT2D eigenvalue weighted by Gasteiger charge is -2.12. The van der Waals surface area contributed by atoms with Gasteiger partial charge >= 0.3 is 0 Å². The summed E-state index contributed by atoms with van der Waals surface area (Å²) in [5.74, 6) is 0.909. The molecule has 0 aliphatic rings. The minimum atomic E-state index is 0.202. The van der Waals surface area contributed by atoms with Crippen molar-refractivity contribution in [1.29, 1.82) is 0 Å². The Balaban J connectivity index is 2.17. The van der Waals surface area contributed by atoms with E-state index in [0.717, 1.165) is 14.0 Å². The molecule has 0 saturated heterocycles. The van der Waals surface area contributed by atoms with Gasteiger partial charge in [0.2, 0.25) is 0 Å². The van der Waals surface area contributed by atoms with Crippen LogP contribution in [0, 0.1) is 0 Å². The second kappa shape index (κ2) is 6.74. The number of ether oxygens (including phenoxy) is 1. The number of halogens is 3. The van der Waals surface area contributed by atoms with Gasteiger partial charge in [0.05, 0.1) is 14.7 Å². The van der Waals surface area contributed by atoms with Gasteiger partial charge in [0.25, 0.3) is 0 Å². The molecule has 1 atom stereocenters. The third kappa shape index (κ3) is 4.06. The lowest BCUT2D eigenvalue weighted by Crippen LogP contribution is -2.05. The van der Waals surface area contributed by atoms with E-state index in [-0.39, 0.29) is 10.9 Å². The molecule has 1 aromatic carbocycles. The maximum Gasteiger partial charge on any atom is 0.119 e. The van der Waals surface area contributed by atoms with Gasteiger partial charge in [-0.15, -0.1) is 11.3 Å². The zero-order valence-electron chi connectivity index (χ0n) is 10.5. The Kier molecular flexibility index (Phi) is 5.52. The Morgan fingerprint density at radius 1 is 1.11 bits per heavy atom. The molecule has 1 nitrogen and oxygen atoms in total. The fourth-order valence-corrected chi connectivity index (χ4v) is 4.45. The first-order valence-corrected chi connectivity index (χ1v) is 9.14. The zero-order valence-corrected chi connectivity index (χ0v) is 16.1. The van der Waals surface area contributed by atoms with Crippen molar-refractivity contribution in [3.8, 4) is 5.75 Å². The molecule has 0 aliphatic carbocycles.